The van der Waals surface area contributed by atoms with Gasteiger partial charge in [0, 0.05) is 18.9 Å². The Labute approximate surface area is 96.3 Å². The maximum atomic E-state index is 11.6. The van der Waals surface area contributed by atoms with E-state index >= 15 is 0 Å². The van der Waals surface area contributed by atoms with Crippen molar-refractivity contribution in [3.63, 3.8) is 0 Å². The number of rotatable bonds is 4. The zero-order valence-corrected chi connectivity index (χ0v) is 10.0. The number of hydrogen-bond acceptors (Lipinski definition) is 3. The molecule has 1 unspecified atom stereocenters. The van der Waals surface area contributed by atoms with Crippen molar-refractivity contribution in [2.24, 2.45) is 11.7 Å². The fourth-order valence-electron chi connectivity index (χ4n) is 1.30. The van der Waals surface area contributed by atoms with Crippen molar-refractivity contribution in [3.8, 4) is 0 Å². The second-order valence-corrected chi connectivity index (χ2v) is 4.29. The number of carbonyl (C=O) groups is 1. The molecule has 3 N–H and O–H groups in total. The number of nitrogens with two attached hydrogens (primary N) is 1. The molecule has 4 heteroatoms. The molecule has 0 radical (unpaired) electrons. The lowest BCUT2D eigenvalue weighted by molar-refractivity contribution is -0.123. The Kier molecular flexibility index (Phi) is 4.43. The molecule has 0 saturated carbocycles. The number of pyridine rings is 1. The van der Waals surface area contributed by atoms with Crippen LogP contribution in [0.3, 0.4) is 0 Å². The van der Waals surface area contributed by atoms with Crippen LogP contribution in [0.5, 0.6) is 0 Å². The summed E-state index contributed by atoms with van der Waals surface area (Å²) in [5, 5.41) is 2.83. The Morgan fingerprint density at radius 2 is 2.25 bits per heavy atom. The Bertz CT molecular complexity index is 363. The third-order valence-corrected chi connectivity index (χ3v) is 2.61. The third-order valence-electron chi connectivity index (χ3n) is 2.61. The smallest absolute Gasteiger partial charge is 0.237 e. The second kappa shape index (κ2) is 5.61. The molecule has 1 heterocycles. The standard InChI is InChI=1S/C12H19N3O/c1-8(2)11(13)12(16)15-7-10-4-5-14-6-9(10)3/h4-6,8,11H,7,13H2,1-3H3,(H,15,16). The molecule has 0 aliphatic carbocycles. The second-order valence-electron chi connectivity index (χ2n) is 4.29. The maximum absolute atomic E-state index is 11.6. The molecule has 0 aliphatic heterocycles. The average molecular weight is 221 g/mol. The molecule has 1 rings (SSSR count). The average Bonchev–Trinajstić information content (AvgIpc) is 2.26. The normalized spacial score (nSPS) is 12.6. The Morgan fingerprint density at radius 1 is 1.56 bits per heavy atom. The Morgan fingerprint density at radius 3 is 2.81 bits per heavy atom. The summed E-state index contributed by atoms with van der Waals surface area (Å²) >= 11 is 0. The number of carbonyl (C=O) groups excluding carboxylic acids is 1. The van der Waals surface area contributed by atoms with Gasteiger partial charge in [0.1, 0.15) is 0 Å². The first kappa shape index (κ1) is 12.6. The van der Waals surface area contributed by atoms with Crippen LogP contribution in [0.1, 0.15) is 25.0 Å². The van der Waals surface area contributed by atoms with Crippen molar-refractivity contribution < 1.29 is 4.79 Å². The predicted molar refractivity (Wildman–Crippen MR) is 63.6 cm³/mol. The van der Waals surface area contributed by atoms with Crippen LogP contribution >= 0.6 is 0 Å². The summed E-state index contributed by atoms with van der Waals surface area (Å²) in [7, 11) is 0. The molecule has 0 saturated heterocycles. The summed E-state index contributed by atoms with van der Waals surface area (Å²) < 4.78 is 0. The summed E-state index contributed by atoms with van der Waals surface area (Å²) in [6.45, 7) is 6.34. The van der Waals surface area contributed by atoms with E-state index in [0.29, 0.717) is 6.54 Å². The predicted octanol–water partition coefficient (Wildman–Crippen LogP) is 0.990. The van der Waals surface area contributed by atoms with Gasteiger partial charge in [-0.25, -0.2) is 0 Å². The SMILES string of the molecule is Cc1cnccc1CNC(=O)C(N)C(C)C. The van der Waals surface area contributed by atoms with Gasteiger partial charge in [0.15, 0.2) is 0 Å². The molecule has 0 fully saturated rings. The van der Waals surface area contributed by atoms with Crippen molar-refractivity contribution in [1.29, 1.82) is 0 Å². The van der Waals surface area contributed by atoms with E-state index in [9.17, 15) is 4.79 Å². The van der Waals surface area contributed by atoms with Crippen molar-refractivity contribution in [2.45, 2.75) is 33.4 Å². The molecular formula is C12H19N3O. The van der Waals surface area contributed by atoms with E-state index in [-0.39, 0.29) is 11.8 Å². The Hall–Kier alpha value is -1.42. The van der Waals surface area contributed by atoms with Crippen LogP contribution < -0.4 is 11.1 Å². The summed E-state index contributed by atoms with van der Waals surface area (Å²) in [5.74, 6) is 0.0461. The highest BCUT2D eigenvalue weighted by Gasteiger charge is 2.16. The summed E-state index contributed by atoms with van der Waals surface area (Å²) in [6, 6.07) is 1.46. The number of aryl methyl sites for hydroxylation is 1. The number of amides is 1. The van der Waals surface area contributed by atoms with Gasteiger partial charge in [0.05, 0.1) is 6.04 Å². The van der Waals surface area contributed by atoms with Gasteiger partial charge in [0.25, 0.3) is 0 Å². The van der Waals surface area contributed by atoms with Crippen molar-refractivity contribution in [1.82, 2.24) is 10.3 Å². The minimum absolute atomic E-state index is 0.105. The quantitative estimate of drug-likeness (QED) is 0.796. The maximum Gasteiger partial charge on any atom is 0.237 e. The Balaban J connectivity index is 2.52. The first-order chi connectivity index (χ1) is 7.52. The topological polar surface area (TPSA) is 68.0 Å². The highest BCUT2D eigenvalue weighted by molar-refractivity contribution is 5.81. The van der Waals surface area contributed by atoms with E-state index in [1.54, 1.807) is 12.4 Å². The van der Waals surface area contributed by atoms with Crippen LogP contribution in [0.15, 0.2) is 18.5 Å². The first-order valence-electron chi connectivity index (χ1n) is 5.45. The van der Waals surface area contributed by atoms with Gasteiger partial charge in [-0.3, -0.25) is 9.78 Å². The number of nitrogens with zero attached hydrogens (tertiary/aromatic N) is 1. The number of aromatic nitrogens is 1. The van der Waals surface area contributed by atoms with Crippen molar-refractivity contribution in [2.75, 3.05) is 0 Å². The lowest BCUT2D eigenvalue weighted by atomic mass is 10.0. The molecule has 1 amide bonds. The minimum Gasteiger partial charge on any atom is -0.351 e. The lowest BCUT2D eigenvalue weighted by Crippen LogP contribution is -2.43. The molecule has 1 aromatic heterocycles. The lowest BCUT2D eigenvalue weighted by Gasteiger charge is -2.15. The van der Waals surface area contributed by atoms with Gasteiger partial charge in [-0.1, -0.05) is 13.8 Å². The highest BCUT2D eigenvalue weighted by Crippen LogP contribution is 2.05. The van der Waals surface area contributed by atoms with Gasteiger partial charge < -0.3 is 11.1 Å². The zero-order valence-electron chi connectivity index (χ0n) is 10.0. The molecule has 88 valence electrons. The number of nitrogens with one attached hydrogen (secondary N) is 1. The van der Waals surface area contributed by atoms with Crippen LogP contribution in [0, 0.1) is 12.8 Å². The molecule has 0 bridgehead atoms. The molecule has 0 spiro atoms. The van der Waals surface area contributed by atoms with Crippen LogP contribution in [0.25, 0.3) is 0 Å². The van der Waals surface area contributed by atoms with Gasteiger partial charge in [-0.15, -0.1) is 0 Å². The molecular weight excluding hydrogens is 202 g/mol. The van der Waals surface area contributed by atoms with Gasteiger partial charge in [0.2, 0.25) is 5.91 Å². The number of hydrogen-bond donors (Lipinski definition) is 2. The van der Waals surface area contributed by atoms with E-state index in [0.717, 1.165) is 11.1 Å². The van der Waals surface area contributed by atoms with Crippen molar-refractivity contribution >= 4 is 5.91 Å². The molecule has 0 aromatic carbocycles. The summed E-state index contributed by atoms with van der Waals surface area (Å²) in [4.78, 5) is 15.6. The minimum atomic E-state index is -0.442. The molecule has 4 nitrogen and oxygen atoms in total. The first-order valence-corrected chi connectivity index (χ1v) is 5.45. The largest absolute Gasteiger partial charge is 0.351 e. The molecule has 0 aliphatic rings. The van der Waals surface area contributed by atoms with Crippen LogP contribution in [-0.2, 0) is 11.3 Å². The third kappa shape index (κ3) is 3.31. The molecule has 16 heavy (non-hydrogen) atoms. The summed E-state index contributed by atoms with van der Waals surface area (Å²) in [6.07, 6.45) is 3.50. The van der Waals surface area contributed by atoms with E-state index in [4.69, 9.17) is 5.73 Å². The van der Waals surface area contributed by atoms with Gasteiger partial charge in [-0.2, -0.15) is 0 Å². The molecule has 1 aromatic rings. The summed E-state index contributed by atoms with van der Waals surface area (Å²) in [5.41, 5.74) is 7.88. The van der Waals surface area contributed by atoms with Gasteiger partial charge >= 0.3 is 0 Å². The van der Waals surface area contributed by atoms with E-state index < -0.39 is 6.04 Å². The molecule has 1 atom stereocenters. The highest BCUT2D eigenvalue weighted by atomic mass is 16.2. The van der Waals surface area contributed by atoms with E-state index in [1.165, 1.54) is 0 Å². The zero-order chi connectivity index (χ0) is 12.1. The van der Waals surface area contributed by atoms with Crippen LogP contribution in [0.4, 0.5) is 0 Å². The van der Waals surface area contributed by atoms with Crippen molar-refractivity contribution in [3.05, 3.63) is 29.6 Å². The van der Waals surface area contributed by atoms with Gasteiger partial charge in [-0.05, 0) is 30.0 Å². The van der Waals surface area contributed by atoms with E-state index in [1.807, 2.05) is 26.8 Å². The fourth-order valence-corrected chi connectivity index (χ4v) is 1.30. The van der Waals surface area contributed by atoms with Crippen LogP contribution in [0.2, 0.25) is 0 Å². The monoisotopic (exact) mass is 221 g/mol. The van der Waals surface area contributed by atoms with Crippen LogP contribution in [-0.4, -0.2) is 16.9 Å². The van der Waals surface area contributed by atoms with E-state index in [2.05, 4.69) is 10.3 Å². The fraction of sp³-hybridized carbons (Fsp3) is 0.500.